The van der Waals surface area contributed by atoms with Crippen molar-refractivity contribution in [2.45, 2.75) is 31.8 Å². The molecule has 0 radical (unpaired) electrons. The van der Waals surface area contributed by atoms with Crippen molar-refractivity contribution in [1.82, 2.24) is 19.4 Å². The van der Waals surface area contributed by atoms with Gasteiger partial charge in [0.05, 0.1) is 18.4 Å². The molecule has 2 bridgehead atoms. The van der Waals surface area contributed by atoms with Crippen molar-refractivity contribution in [2.24, 2.45) is 30.7 Å². The Bertz CT molecular complexity index is 795. The van der Waals surface area contributed by atoms with Gasteiger partial charge in [-0.2, -0.15) is 0 Å². The number of carbonyl (C=O) groups excluding carboxylic acids is 3. The van der Waals surface area contributed by atoms with Crippen molar-refractivity contribution in [2.75, 3.05) is 6.54 Å². The summed E-state index contributed by atoms with van der Waals surface area (Å²) in [5.74, 6) is 0.211. The van der Waals surface area contributed by atoms with Crippen LogP contribution in [-0.4, -0.2) is 49.7 Å². The van der Waals surface area contributed by atoms with Crippen molar-refractivity contribution in [3.8, 4) is 0 Å². The number of nitrogens with zero attached hydrogens (tertiary/aromatic N) is 4. The zero-order chi connectivity index (χ0) is 18.0. The predicted molar refractivity (Wildman–Crippen MR) is 91.2 cm³/mol. The molecule has 3 aliphatic carbocycles. The summed E-state index contributed by atoms with van der Waals surface area (Å²) >= 11 is 0. The van der Waals surface area contributed by atoms with Gasteiger partial charge in [-0.25, -0.2) is 4.98 Å². The van der Waals surface area contributed by atoms with Gasteiger partial charge >= 0.3 is 0 Å². The predicted octanol–water partition coefficient (Wildman–Crippen LogP) is 0.718. The van der Waals surface area contributed by atoms with E-state index in [2.05, 4.69) is 17.1 Å². The highest BCUT2D eigenvalue weighted by atomic mass is 16.2. The summed E-state index contributed by atoms with van der Waals surface area (Å²) < 4.78 is 1.89. The van der Waals surface area contributed by atoms with Gasteiger partial charge in [-0.1, -0.05) is 12.2 Å². The molecule has 26 heavy (non-hydrogen) atoms. The molecule has 0 unspecified atom stereocenters. The van der Waals surface area contributed by atoms with Gasteiger partial charge in [-0.05, 0) is 31.1 Å². The topological polar surface area (TPSA) is 75.5 Å². The second kappa shape index (κ2) is 5.53. The average molecular weight is 354 g/mol. The number of amides is 3. The van der Waals surface area contributed by atoms with Crippen LogP contribution < -0.4 is 0 Å². The summed E-state index contributed by atoms with van der Waals surface area (Å²) in [5, 5.41) is 0. The van der Waals surface area contributed by atoms with Crippen molar-refractivity contribution >= 4 is 17.7 Å². The van der Waals surface area contributed by atoms with Crippen molar-refractivity contribution < 1.29 is 14.4 Å². The SMILES string of the molecule is Cn1ccnc1CN(C(=O)CN1C(=O)[C@@H]2[C@H](C1=O)[C@H]1C=C[C@H]2C1)C1CC1. The van der Waals surface area contributed by atoms with E-state index in [0.717, 1.165) is 25.1 Å². The summed E-state index contributed by atoms with van der Waals surface area (Å²) in [4.78, 5) is 45.8. The molecule has 2 saturated carbocycles. The van der Waals surface area contributed by atoms with Gasteiger partial charge in [0.15, 0.2) is 0 Å². The molecule has 4 aliphatic rings. The van der Waals surface area contributed by atoms with E-state index in [4.69, 9.17) is 0 Å². The highest BCUT2D eigenvalue weighted by Gasteiger charge is 2.59. The Morgan fingerprint density at radius 3 is 2.38 bits per heavy atom. The Labute approximate surface area is 151 Å². The van der Waals surface area contributed by atoms with E-state index in [0.29, 0.717) is 6.54 Å². The van der Waals surface area contributed by atoms with Crippen LogP contribution in [0.2, 0.25) is 0 Å². The third kappa shape index (κ3) is 2.26. The number of allylic oxidation sites excluding steroid dienone is 2. The molecule has 1 aliphatic heterocycles. The van der Waals surface area contributed by atoms with E-state index in [1.165, 1.54) is 4.90 Å². The molecule has 5 rings (SSSR count). The Balaban J connectivity index is 1.32. The molecule has 3 fully saturated rings. The van der Waals surface area contributed by atoms with Crippen LogP contribution in [0.25, 0.3) is 0 Å². The van der Waals surface area contributed by atoms with Crippen LogP contribution >= 0.6 is 0 Å². The lowest BCUT2D eigenvalue weighted by atomic mass is 9.85. The number of hydrogen-bond donors (Lipinski definition) is 0. The van der Waals surface area contributed by atoms with Crippen LogP contribution in [0.5, 0.6) is 0 Å². The fourth-order valence-corrected chi connectivity index (χ4v) is 4.85. The molecule has 1 saturated heterocycles. The second-order valence-corrected chi connectivity index (χ2v) is 7.97. The van der Waals surface area contributed by atoms with Crippen LogP contribution in [0.3, 0.4) is 0 Å². The molecular formula is C19H22N4O3. The number of aryl methyl sites for hydroxylation is 1. The molecule has 4 atom stereocenters. The fraction of sp³-hybridized carbons (Fsp3) is 0.579. The van der Waals surface area contributed by atoms with Crippen LogP contribution in [0.4, 0.5) is 0 Å². The number of imidazole rings is 1. The summed E-state index contributed by atoms with van der Waals surface area (Å²) in [6.07, 6.45) is 10.5. The minimum absolute atomic E-state index is 0.134. The van der Waals surface area contributed by atoms with Gasteiger partial charge < -0.3 is 9.47 Å². The van der Waals surface area contributed by atoms with Crippen LogP contribution in [0.15, 0.2) is 24.5 Å². The molecule has 0 spiro atoms. The van der Waals surface area contributed by atoms with E-state index < -0.39 is 0 Å². The molecule has 7 heteroatoms. The minimum Gasteiger partial charge on any atom is -0.337 e. The van der Waals surface area contributed by atoms with Gasteiger partial charge in [-0.15, -0.1) is 0 Å². The maximum atomic E-state index is 12.9. The summed E-state index contributed by atoms with van der Waals surface area (Å²) in [7, 11) is 1.90. The van der Waals surface area contributed by atoms with Crippen LogP contribution in [0, 0.1) is 23.7 Å². The number of fused-ring (bicyclic) bond motifs is 5. The zero-order valence-electron chi connectivity index (χ0n) is 14.7. The second-order valence-electron chi connectivity index (χ2n) is 7.97. The molecule has 0 aromatic carbocycles. The molecular weight excluding hydrogens is 332 g/mol. The van der Waals surface area contributed by atoms with E-state index in [1.807, 2.05) is 17.8 Å². The first-order valence-corrected chi connectivity index (χ1v) is 9.34. The quantitative estimate of drug-likeness (QED) is 0.577. The Morgan fingerprint density at radius 2 is 1.85 bits per heavy atom. The average Bonchev–Trinajstić information content (AvgIpc) is 2.95. The van der Waals surface area contributed by atoms with Gasteiger partial charge in [0.2, 0.25) is 17.7 Å². The Kier molecular flexibility index (Phi) is 3.36. The highest BCUT2D eigenvalue weighted by Crippen LogP contribution is 2.52. The molecule has 3 amide bonds. The van der Waals surface area contributed by atoms with E-state index in [9.17, 15) is 14.4 Å². The number of imide groups is 1. The fourth-order valence-electron chi connectivity index (χ4n) is 4.85. The van der Waals surface area contributed by atoms with Crippen molar-refractivity contribution in [3.63, 3.8) is 0 Å². The first-order valence-electron chi connectivity index (χ1n) is 9.34. The van der Waals surface area contributed by atoms with Gasteiger partial charge in [0, 0.05) is 25.5 Å². The van der Waals surface area contributed by atoms with Gasteiger partial charge in [0.25, 0.3) is 0 Å². The van der Waals surface area contributed by atoms with Gasteiger partial charge in [0.1, 0.15) is 12.4 Å². The highest BCUT2D eigenvalue weighted by molar-refractivity contribution is 6.08. The van der Waals surface area contributed by atoms with E-state index in [1.54, 1.807) is 11.1 Å². The molecule has 136 valence electrons. The maximum Gasteiger partial charge on any atom is 0.243 e. The lowest BCUT2D eigenvalue weighted by Gasteiger charge is -2.25. The number of carbonyl (C=O) groups is 3. The van der Waals surface area contributed by atoms with E-state index in [-0.39, 0.29) is 54.0 Å². The molecule has 1 aromatic heterocycles. The Hall–Kier alpha value is -2.44. The summed E-state index contributed by atoms with van der Waals surface area (Å²) in [5.41, 5.74) is 0. The molecule has 1 aromatic rings. The first kappa shape index (κ1) is 15.8. The largest absolute Gasteiger partial charge is 0.337 e. The Morgan fingerprint density at radius 1 is 1.19 bits per heavy atom. The lowest BCUT2D eigenvalue weighted by molar-refractivity contribution is -0.147. The lowest BCUT2D eigenvalue weighted by Crippen LogP contribution is -2.44. The van der Waals surface area contributed by atoms with E-state index >= 15 is 0 Å². The number of aromatic nitrogens is 2. The summed E-state index contributed by atoms with van der Waals surface area (Å²) in [6, 6.07) is 0.198. The number of likely N-dealkylation sites (tertiary alicyclic amines) is 1. The van der Waals surface area contributed by atoms with Gasteiger partial charge in [-0.3, -0.25) is 19.3 Å². The van der Waals surface area contributed by atoms with Crippen molar-refractivity contribution in [3.05, 3.63) is 30.4 Å². The minimum atomic E-state index is -0.241. The third-order valence-electron chi connectivity index (χ3n) is 6.40. The number of hydrogen-bond acceptors (Lipinski definition) is 4. The maximum absolute atomic E-state index is 12.9. The zero-order valence-corrected chi connectivity index (χ0v) is 14.7. The standard InChI is InChI=1S/C19H22N4O3/c1-21-7-6-20-14(21)9-22(13-4-5-13)15(24)10-23-18(25)16-11-2-3-12(8-11)17(16)19(23)26/h2-3,6-7,11-13,16-17H,4-5,8-10H2,1H3/t11-,12-,16-,17+/m0/s1. The molecule has 2 heterocycles. The third-order valence-corrected chi connectivity index (χ3v) is 6.40. The summed E-state index contributed by atoms with van der Waals surface area (Å²) in [6.45, 7) is 0.286. The van der Waals surface area contributed by atoms with Crippen molar-refractivity contribution in [1.29, 1.82) is 0 Å². The first-order chi connectivity index (χ1) is 12.5. The number of rotatable bonds is 5. The van der Waals surface area contributed by atoms with Crippen LogP contribution in [-0.2, 0) is 28.0 Å². The van der Waals surface area contributed by atoms with Crippen LogP contribution in [0.1, 0.15) is 25.1 Å². The smallest absolute Gasteiger partial charge is 0.243 e. The normalized spacial score (nSPS) is 31.8. The molecule has 0 N–H and O–H groups in total. The monoisotopic (exact) mass is 354 g/mol. The molecule has 7 nitrogen and oxygen atoms in total.